The van der Waals surface area contributed by atoms with Crippen LogP contribution in [0.2, 0.25) is 0 Å². The van der Waals surface area contributed by atoms with Crippen LogP contribution < -0.4 is 0 Å². The molecule has 1 heterocycles. The summed E-state index contributed by atoms with van der Waals surface area (Å²) in [5.74, 6) is 0.951. The van der Waals surface area contributed by atoms with Gasteiger partial charge >= 0.3 is 0 Å². The maximum absolute atomic E-state index is 13.0. The second-order valence-corrected chi connectivity index (χ2v) is 7.46. The van der Waals surface area contributed by atoms with Crippen molar-refractivity contribution in [3.63, 3.8) is 0 Å². The Morgan fingerprint density at radius 1 is 1.20 bits per heavy atom. The van der Waals surface area contributed by atoms with Crippen LogP contribution in [0.25, 0.3) is 0 Å². The fraction of sp³-hybridized carbons (Fsp3) is 0.765. The Morgan fingerprint density at radius 2 is 2.00 bits per heavy atom. The Bertz CT molecular complexity index is 537. The molecular formula is C17H23NO2. The number of hydrogen-bond acceptors (Lipinski definition) is 3. The van der Waals surface area contributed by atoms with E-state index in [9.17, 15) is 9.59 Å². The van der Waals surface area contributed by atoms with Crippen LogP contribution in [0.1, 0.15) is 45.4 Å². The third-order valence-corrected chi connectivity index (χ3v) is 6.80. The van der Waals surface area contributed by atoms with E-state index in [0.29, 0.717) is 18.2 Å². The Kier molecular flexibility index (Phi) is 2.44. The predicted molar refractivity (Wildman–Crippen MR) is 76.2 cm³/mol. The Hall–Kier alpha value is -0.960. The molecule has 0 aromatic carbocycles. The molecule has 0 N–H and O–H groups in total. The van der Waals surface area contributed by atoms with E-state index in [1.54, 1.807) is 0 Å². The van der Waals surface area contributed by atoms with Crippen molar-refractivity contribution in [2.24, 2.45) is 16.7 Å². The lowest BCUT2D eigenvalue weighted by Crippen LogP contribution is -2.58. The van der Waals surface area contributed by atoms with E-state index in [1.165, 1.54) is 5.57 Å². The molecule has 3 nitrogen and oxygen atoms in total. The molecule has 20 heavy (non-hydrogen) atoms. The van der Waals surface area contributed by atoms with Gasteiger partial charge in [-0.1, -0.05) is 5.57 Å². The normalized spacial score (nSPS) is 47.8. The SMILES string of the molecule is CC1=CC(=O)[C@]23CC[C@@H]4N(C)CCC[C@@]42C(=O)C[C@@H]3C1. The van der Waals surface area contributed by atoms with E-state index in [-0.39, 0.29) is 22.5 Å². The van der Waals surface area contributed by atoms with Gasteiger partial charge in [-0.3, -0.25) is 9.59 Å². The van der Waals surface area contributed by atoms with Crippen LogP contribution >= 0.6 is 0 Å². The van der Waals surface area contributed by atoms with Crippen molar-refractivity contribution in [2.75, 3.05) is 13.6 Å². The van der Waals surface area contributed by atoms with Gasteiger partial charge in [-0.05, 0) is 64.6 Å². The maximum atomic E-state index is 13.0. The second-order valence-electron chi connectivity index (χ2n) is 7.46. The summed E-state index contributed by atoms with van der Waals surface area (Å²) in [7, 11) is 2.14. The van der Waals surface area contributed by atoms with Gasteiger partial charge in [-0.25, -0.2) is 0 Å². The van der Waals surface area contributed by atoms with Crippen molar-refractivity contribution in [3.8, 4) is 0 Å². The lowest BCUT2D eigenvalue weighted by Gasteiger charge is -2.50. The topological polar surface area (TPSA) is 37.4 Å². The number of ketones is 2. The molecule has 4 atom stereocenters. The number of rotatable bonds is 0. The number of carbonyl (C=O) groups excluding carboxylic acids is 2. The third-order valence-electron chi connectivity index (χ3n) is 6.80. The Labute approximate surface area is 120 Å². The average Bonchev–Trinajstić information content (AvgIpc) is 2.84. The number of hydrogen-bond donors (Lipinski definition) is 0. The van der Waals surface area contributed by atoms with E-state index in [2.05, 4.69) is 11.9 Å². The number of likely N-dealkylation sites (tertiary alicyclic amines) is 1. The molecule has 4 rings (SSSR count). The van der Waals surface area contributed by atoms with Gasteiger partial charge in [0.15, 0.2) is 5.78 Å². The molecule has 1 saturated heterocycles. The van der Waals surface area contributed by atoms with Crippen molar-refractivity contribution >= 4 is 11.6 Å². The fourth-order valence-electron chi connectivity index (χ4n) is 6.19. The highest BCUT2D eigenvalue weighted by molar-refractivity contribution is 6.06. The summed E-state index contributed by atoms with van der Waals surface area (Å²) in [6.07, 6.45) is 7.41. The van der Waals surface area contributed by atoms with Crippen molar-refractivity contribution in [1.29, 1.82) is 0 Å². The highest BCUT2D eigenvalue weighted by Crippen LogP contribution is 2.70. The molecule has 1 aliphatic heterocycles. The summed E-state index contributed by atoms with van der Waals surface area (Å²) in [4.78, 5) is 28.3. The molecule has 0 radical (unpaired) electrons. The summed E-state index contributed by atoms with van der Waals surface area (Å²) < 4.78 is 0. The van der Waals surface area contributed by atoms with Crippen LogP contribution in [0.4, 0.5) is 0 Å². The zero-order valence-corrected chi connectivity index (χ0v) is 12.4. The number of allylic oxidation sites excluding steroid dienone is 2. The predicted octanol–water partition coefficient (Wildman–Crippen LogP) is 2.36. The van der Waals surface area contributed by atoms with Gasteiger partial charge < -0.3 is 4.90 Å². The van der Waals surface area contributed by atoms with Crippen molar-refractivity contribution in [2.45, 2.75) is 51.5 Å². The first kappa shape index (κ1) is 12.8. The smallest absolute Gasteiger partial charge is 0.163 e. The minimum atomic E-state index is -0.348. The van der Waals surface area contributed by atoms with Gasteiger partial charge in [0.1, 0.15) is 5.78 Å². The third kappa shape index (κ3) is 1.18. The van der Waals surface area contributed by atoms with Crippen LogP contribution in [0, 0.1) is 16.7 Å². The van der Waals surface area contributed by atoms with Crippen molar-refractivity contribution in [3.05, 3.63) is 11.6 Å². The highest BCUT2D eigenvalue weighted by Gasteiger charge is 2.74. The van der Waals surface area contributed by atoms with Gasteiger partial charge in [0.25, 0.3) is 0 Å². The van der Waals surface area contributed by atoms with E-state index in [0.717, 1.165) is 38.6 Å². The quantitative estimate of drug-likeness (QED) is 0.680. The summed E-state index contributed by atoms with van der Waals surface area (Å²) in [5.41, 5.74) is 0.477. The molecule has 2 saturated carbocycles. The van der Waals surface area contributed by atoms with Crippen LogP contribution in [0.3, 0.4) is 0 Å². The van der Waals surface area contributed by atoms with E-state index >= 15 is 0 Å². The molecule has 3 heteroatoms. The van der Waals surface area contributed by atoms with E-state index in [4.69, 9.17) is 0 Å². The summed E-state index contributed by atoms with van der Waals surface area (Å²) in [6, 6.07) is 0.310. The molecule has 4 aliphatic rings. The first-order valence-corrected chi connectivity index (χ1v) is 7.97. The first-order valence-electron chi connectivity index (χ1n) is 7.97. The second kappa shape index (κ2) is 3.82. The number of carbonyl (C=O) groups is 2. The minimum absolute atomic E-state index is 0.273. The average molecular weight is 273 g/mol. The van der Waals surface area contributed by atoms with Gasteiger partial charge in [-0.2, -0.15) is 0 Å². The maximum Gasteiger partial charge on any atom is 0.163 e. The standard InChI is InChI=1S/C17H23NO2/c1-11-8-12-10-15(20)17-5-3-7-18(2)13(17)4-6-16(12,17)14(19)9-11/h9,12-13H,3-8,10H2,1-2H3/t12-,13-,16+,17-/m0/s1. The van der Waals surface area contributed by atoms with Crippen LogP contribution in [-0.2, 0) is 9.59 Å². The largest absolute Gasteiger partial charge is 0.302 e. The molecule has 0 unspecified atom stereocenters. The van der Waals surface area contributed by atoms with E-state index in [1.807, 2.05) is 13.0 Å². The van der Waals surface area contributed by atoms with Crippen LogP contribution in [0.5, 0.6) is 0 Å². The molecule has 108 valence electrons. The summed E-state index contributed by atoms with van der Waals surface area (Å²) >= 11 is 0. The molecule has 0 aromatic heterocycles. The van der Waals surface area contributed by atoms with E-state index < -0.39 is 0 Å². The molecule has 2 spiro atoms. The summed E-state index contributed by atoms with van der Waals surface area (Å²) in [6.45, 7) is 3.11. The van der Waals surface area contributed by atoms with Gasteiger partial charge in [-0.15, -0.1) is 0 Å². The number of Topliss-reactive ketones (excluding diaryl/α,β-unsaturated/α-hetero) is 1. The van der Waals surface area contributed by atoms with Gasteiger partial charge in [0.05, 0.1) is 10.8 Å². The van der Waals surface area contributed by atoms with Crippen LogP contribution in [0.15, 0.2) is 11.6 Å². The van der Waals surface area contributed by atoms with Crippen molar-refractivity contribution < 1.29 is 9.59 Å². The Morgan fingerprint density at radius 3 is 2.80 bits per heavy atom. The van der Waals surface area contributed by atoms with Gasteiger partial charge in [0, 0.05) is 12.5 Å². The molecule has 3 fully saturated rings. The monoisotopic (exact) mass is 273 g/mol. The zero-order chi connectivity index (χ0) is 14.1. The lowest BCUT2D eigenvalue weighted by atomic mass is 9.55. The fourth-order valence-corrected chi connectivity index (χ4v) is 6.19. The zero-order valence-electron chi connectivity index (χ0n) is 12.4. The molecule has 0 amide bonds. The Balaban J connectivity index is 1.91. The molecule has 0 bridgehead atoms. The first-order chi connectivity index (χ1) is 9.52. The number of nitrogens with zero attached hydrogens (tertiary/aromatic N) is 1. The molecule has 3 aliphatic carbocycles. The molecule has 0 aromatic rings. The van der Waals surface area contributed by atoms with Crippen molar-refractivity contribution in [1.82, 2.24) is 4.90 Å². The lowest BCUT2D eigenvalue weighted by molar-refractivity contribution is -0.146. The summed E-state index contributed by atoms with van der Waals surface area (Å²) in [5, 5.41) is 0. The van der Waals surface area contributed by atoms with Crippen LogP contribution in [-0.4, -0.2) is 36.1 Å². The number of piperidine rings is 1. The highest BCUT2D eigenvalue weighted by atomic mass is 16.1. The molecular weight excluding hydrogens is 250 g/mol. The minimum Gasteiger partial charge on any atom is -0.302 e. The van der Waals surface area contributed by atoms with Gasteiger partial charge in [0.2, 0.25) is 0 Å².